The fourth-order valence-corrected chi connectivity index (χ4v) is 2.22. The van der Waals surface area contributed by atoms with Gasteiger partial charge in [-0.15, -0.1) is 0 Å². The molecule has 2 N–H and O–H groups in total. The van der Waals surface area contributed by atoms with Gasteiger partial charge in [0, 0.05) is 15.6 Å². The van der Waals surface area contributed by atoms with Gasteiger partial charge in [-0.2, -0.15) is 0 Å². The summed E-state index contributed by atoms with van der Waals surface area (Å²) in [4.78, 5) is 0. The average molecular weight is 284 g/mol. The summed E-state index contributed by atoms with van der Waals surface area (Å²) in [6, 6.07) is 9.36. The van der Waals surface area contributed by atoms with Crippen LogP contribution >= 0.6 is 23.2 Å². The quantitative estimate of drug-likeness (QED) is 0.864. The van der Waals surface area contributed by atoms with Crippen molar-refractivity contribution in [2.24, 2.45) is 5.73 Å². The molecule has 0 bridgehead atoms. The van der Waals surface area contributed by atoms with Crippen molar-refractivity contribution < 1.29 is 4.39 Å². The Morgan fingerprint density at radius 2 is 1.83 bits per heavy atom. The van der Waals surface area contributed by atoms with Gasteiger partial charge in [0.25, 0.3) is 0 Å². The minimum absolute atomic E-state index is 0.353. The van der Waals surface area contributed by atoms with Gasteiger partial charge >= 0.3 is 0 Å². The standard InChI is InChI=1S/C14H12Cl2FN/c1-8-10(3-2-4-12(8)16)14(18)11-6-5-9(15)7-13(11)17/h2-7,14H,18H2,1H3. The van der Waals surface area contributed by atoms with Crippen molar-refractivity contribution in [3.8, 4) is 0 Å². The van der Waals surface area contributed by atoms with Crippen molar-refractivity contribution in [2.75, 3.05) is 0 Å². The smallest absolute Gasteiger partial charge is 0.129 e. The van der Waals surface area contributed by atoms with Gasteiger partial charge in [0.2, 0.25) is 0 Å². The Morgan fingerprint density at radius 1 is 1.11 bits per heavy atom. The highest BCUT2D eigenvalue weighted by Gasteiger charge is 2.16. The van der Waals surface area contributed by atoms with Crippen LogP contribution in [0.15, 0.2) is 36.4 Å². The van der Waals surface area contributed by atoms with E-state index in [1.165, 1.54) is 6.07 Å². The highest BCUT2D eigenvalue weighted by molar-refractivity contribution is 6.31. The van der Waals surface area contributed by atoms with E-state index in [0.29, 0.717) is 15.6 Å². The molecule has 1 nitrogen and oxygen atoms in total. The van der Waals surface area contributed by atoms with Crippen LogP contribution in [0.1, 0.15) is 22.7 Å². The molecule has 0 amide bonds. The van der Waals surface area contributed by atoms with E-state index in [0.717, 1.165) is 11.1 Å². The topological polar surface area (TPSA) is 26.0 Å². The van der Waals surface area contributed by atoms with Crippen LogP contribution in [0, 0.1) is 12.7 Å². The van der Waals surface area contributed by atoms with Gasteiger partial charge in [0.15, 0.2) is 0 Å². The van der Waals surface area contributed by atoms with E-state index >= 15 is 0 Å². The Balaban J connectivity index is 2.48. The van der Waals surface area contributed by atoms with Crippen LogP contribution in [0.4, 0.5) is 4.39 Å². The van der Waals surface area contributed by atoms with Crippen molar-refractivity contribution >= 4 is 23.2 Å². The molecule has 2 aromatic carbocycles. The van der Waals surface area contributed by atoms with Crippen LogP contribution in [-0.4, -0.2) is 0 Å². The maximum absolute atomic E-state index is 13.8. The van der Waals surface area contributed by atoms with Gasteiger partial charge in [-0.25, -0.2) is 4.39 Å². The van der Waals surface area contributed by atoms with Crippen molar-refractivity contribution in [3.63, 3.8) is 0 Å². The molecule has 2 aromatic rings. The monoisotopic (exact) mass is 283 g/mol. The molecule has 0 spiro atoms. The second-order valence-electron chi connectivity index (χ2n) is 4.10. The lowest BCUT2D eigenvalue weighted by Gasteiger charge is -2.16. The van der Waals surface area contributed by atoms with Crippen molar-refractivity contribution in [2.45, 2.75) is 13.0 Å². The minimum atomic E-state index is -0.555. The zero-order chi connectivity index (χ0) is 13.3. The summed E-state index contributed by atoms with van der Waals surface area (Å²) < 4.78 is 13.8. The zero-order valence-electron chi connectivity index (χ0n) is 9.75. The van der Waals surface area contributed by atoms with Crippen molar-refractivity contribution in [1.82, 2.24) is 0 Å². The summed E-state index contributed by atoms with van der Waals surface area (Å²) in [7, 11) is 0. The van der Waals surface area contributed by atoms with Crippen LogP contribution in [0.3, 0.4) is 0 Å². The lowest BCUT2D eigenvalue weighted by molar-refractivity contribution is 0.599. The van der Waals surface area contributed by atoms with Crippen LogP contribution in [0.25, 0.3) is 0 Å². The van der Waals surface area contributed by atoms with Crippen molar-refractivity contribution in [1.29, 1.82) is 0 Å². The molecule has 0 aliphatic rings. The Morgan fingerprint density at radius 3 is 2.50 bits per heavy atom. The van der Waals surface area contributed by atoms with Gasteiger partial charge in [0.05, 0.1) is 6.04 Å². The first kappa shape index (κ1) is 13.3. The summed E-state index contributed by atoms with van der Waals surface area (Å²) in [6.45, 7) is 1.87. The SMILES string of the molecule is Cc1c(Cl)cccc1C(N)c1ccc(Cl)cc1F. The highest BCUT2D eigenvalue weighted by atomic mass is 35.5. The molecule has 18 heavy (non-hydrogen) atoms. The molecule has 0 aromatic heterocycles. The van der Waals surface area contributed by atoms with E-state index in [1.54, 1.807) is 24.3 Å². The summed E-state index contributed by atoms with van der Waals surface area (Å²) in [6.07, 6.45) is 0. The molecule has 0 saturated carbocycles. The Hall–Kier alpha value is -1.09. The number of hydrogen-bond donors (Lipinski definition) is 1. The third-order valence-electron chi connectivity index (χ3n) is 2.94. The number of rotatable bonds is 2. The molecule has 4 heteroatoms. The van der Waals surface area contributed by atoms with Gasteiger partial charge in [-0.1, -0.05) is 41.4 Å². The normalized spacial score (nSPS) is 12.5. The molecule has 0 radical (unpaired) electrons. The summed E-state index contributed by atoms with van der Waals surface area (Å²) >= 11 is 11.8. The molecular weight excluding hydrogens is 272 g/mol. The van der Waals surface area contributed by atoms with Gasteiger partial charge in [-0.05, 0) is 36.2 Å². The first-order chi connectivity index (χ1) is 8.50. The first-order valence-electron chi connectivity index (χ1n) is 5.46. The van der Waals surface area contributed by atoms with E-state index < -0.39 is 11.9 Å². The predicted molar refractivity (Wildman–Crippen MR) is 73.6 cm³/mol. The summed E-state index contributed by atoms with van der Waals surface area (Å²) in [5.74, 6) is -0.408. The first-order valence-corrected chi connectivity index (χ1v) is 6.22. The van der Waals surface area contributed by atoms with E-state index in [1.807, 2.05) is 13.0 Å². The highest BCUT2D eigenvalue weighted by Crippen LogP contribution is 2.29. The Labute approximate surface area is 115 Å². The van der Waals surface area contributed by atoms with Crippen molar-refractivity contribution in [3.05, 3.63) is 69.0 Å². The molecule has 0 saturated heterocycles. The fraction of sp³-hybridized carbons (Fsp3) is 0.143. The average Bonchev–Trinajstić information content (AvgIpc) is 2.32. The van der Waals surface area contributed by atoms with Crippen LogP contribution in [0.2, 0.25) is 10.0 Å². The second-order valence-corrected chi connectivity index (χ2v) is 4.94. The maximum atomic E-state index is 13.8. The van der Waals surface area contributed by atoms with Crippen LogP contribution < -0.4 is 5.73 Å². The Bertz CT molecular complexity index is 584. The lowest BCUT2D eigenvalue weighted by atomic mass is 9.95. The predicted octanol–water partition coefficient (Wildman–Crippen LogP) is 4.49. The summed E-state index contributed by atoms with van der Waals surface area (Å²) in [5.41, 5.74) is 8.17. The number of halogens is 3. The minimum Gasteiger partial charge on any atom is -0.320 e. The zero-order valence-corrected chi connectivity index (χ0v) is 11.3. The molecule has 2 rings (SSSR count). The summed E-state index contributed by atoms with van der Waals surface area (Å²) in [5, 5.41) is 0.976. The number of hydrogen-bond acceptors (Lipinski definition) is 1. The van der Waals surface area contributed by atoms with Gasteiger partial charge < -0.3 is 5.73 Å². The third-order valence-corrected chi connectivity index (χ3v) is 3.59. The molecule has 0 heterocycles. The van der Waals surface area contributed by atoms with E-state index in [-0.39, 0.29) is 0 Å². The van der Waals surface area contributed by atoms with Crippen LogP contribution in [0.5, 0.6) is 0 Å². The maximum Gasteiger partial charge on any atom is 0.129 e. The fourth-order valence-electron chi connectivity index (χ4n) is 1.88. The lowest BCUT2D eigenvalue weighted by Crippen LogP contribution is -2.15. The number of nitrogens with two attached hydrogens (primary N) is 1. The molecule has 94 valence electrons. The number of benzene rings is 2. The van der Waals surface area contributed by atoms with E-state index in [9.17, 15) is 4.39 Å². The van der Waals surface area contributed by atoms with Gasteiger partial charge in [0.1, 0.15) is 5.82 Å². The molecular formula is C14H12Cl2FN. The molecule has 1 atom stereocenters. The van der Waals surface area contributed by atoms with Gasteiger partial charge in [-0.3, -0.25) is 0 Å². The second kappa shape index (κ2) is 5.27. The Kier molecular flexibility index (Phi) is 3.91. The molecule has 0 aliphatic heterocycles. The molecule has 1 unspecified atom stereocenters. The largest absolute Gasteiger partial charge is 0.320 e. The molecule has 0 fully saturated rings. The molecule has 0 aliphatic carbocycles. The van der Waals surface area contributed by atoms with E-state index in [2.05, 4.69) is 0 Å². The third kappa shape index (κ3) is 2.51. The van der Waals surface area contributed by atoms with E-state index in [4.69, 9.17) is 28.9 Å². The van der Waals surface area contributed by atoms with Crippen LogP contribution in [-0.2, 0) is 0 Å².